The Hall–Kier alpha value is -2.88. The Balaban J connectivity index is 1.09. The Morgan fingerprint density at radius 1 is 1.19 bits per heavy atom. The first-order valence-corrected chi connectivity index (χ1v) is 18.6. The van der Waals surface area contributed by atoms with E-state index in [4.69, 9.17) is 14.2 Å². The number of amides is 1. The lowest BCUT2D eigenvalue weighted by atomic mass is 9.80. The molecule has 14 heteroatoms. The van der Waals surface area contributed by atoms with Gasteiger partial charge in [-0.25, -0.2) is 22.6 Å². The van der Waals surface area contributed by atoms with Crippen molar-refractivity contribution in [3.05, 3.63) is 53.8 Å². The highest BCUT2D eigenvalue weighted by Crippen LogP contribution is 2.47. The molecule has 2 aliphatic carbocycles. The lowest BCUT2D eigenvalue weighted by molar-refractivity contribution is -0.147. The number of rotatable bonds is 13. The molecule has 11 nitrogen and oxygen atoms in total. The number of hydrogen-bond donors (Lipinski definition) is 3. The van der Waals surface area contributed by atoms with E-state index >= 15 is 0 Å². The highest BCUT2D eigenvalue weighted by Gasteiger charge is 2.54. The number of alkyl carbamates (subject to hydrolysis) is 1. The molecular weight excluding hydrogens is 648 g/mol. The lowest BCUT2D eigenvalue weighted by Crippen LogP contribution is -2.52. The number of nitrogens with one attached hydrogen (secondary N) is 2. The number of halogens is 1. The average molecular weight is 689 g/mol. The first-order valence-electron chi connectivity index (χ1n) is 16.4. The van der Waals surface area contributed by atoms with Gasteiger partial charge in [-0.1, -0.05) is 37.3 Å². The molecule has 3 heterocycles. The number of nitrogens with zero attached hydrogens (tertiary/aromatic N) is 2. The summed E-state index contributed by atoms with van der Waals surface area (Å²) in [5, 5.41) is 18.5. The highest BCUT2D eigenvalue weighted by molar-refractivity contribution is 7.89. The van der Waals surface area contributed by atoms with E-state index in [1.807, 2.05) is 13.8 Å². The summed E-state index contributed by atoms with van der Waals surface area (Å²) in [6, 6.07) is 10.2. The van der Waals surface area contributed by atoms with Crippen LogP contribution in [0.15, 0.2) is 47.4 Å². The van der Waals surface area contributed by atoms with Gasteiger partial charge >= 0.3 is 6.09 Å². The molecule has 47 heavy (non-hydrogen) atoms. The molecule has 1 aromatic heterocycles. The number of carbonyl (C=O) groups excluding carboxylic acids is 1. The van der Waals surface area contributed by atoms with Crippen molar-refractivity contribution in [2.24, 2.45) is 17.8 Å². The molecule has 4 aliphatic rings. The molecule has 2 saturated heterocycles. The summed E-state index contributed by atoms with van der Waals surface area (Å²) < 4.78 is 61.8. The number of sulfonamides is 1. The molecular formula is C33H41FN4O7S2. The zero-order valence-corrected chi connectivity index (χ0v) is 28.0. The standard InChI is InChI=1S/C33H41FN4O7S2/c1-18(2)15-38(47(41,42)23-8-9-25-30(13-23)46-32(36-25)35-22-6-7-22)16-27(39)26(11-19-4-3-5-21(34)10-19)37-33(40)45-28-12-20-17-43-31-24(20)14-29(28)44-31/h3-5,8-10,13,18,20,22,24,26-29,31,39H,6-7,11-12,14-17H2,1-2H3,(H,35,36)(H,37,40)/t20-,24-,26-,27+,28-,29?,31-/m0/s1. The van der Waals surface area contributed by atoms with Crippen molar-refractivity contribution in [1.82, 2.24) is 14.6 Å². The fourth-order valence-electron chi connectivity index (χ4n) is 6.90. The van der Waals surface area contributed by atoms with Crippen LogP contribution in [0, 0.1) is 23.6 Å². The van der Waals surface area contributed by atoms with Gasteiger partial charge in [0.1, 0.15) is 11.9 Å². The molecule has 0 radical (unpaired) electrons. The molecule has 1 unspecified atom stereocenters. The third kappa shape index (κ3) is 7.27. The molecule has 3 aromatic rings. The van der Waals surface area contributed by atoms with Gasteiger partial charge in [-0.15, -0.1) is 0 Å². The van der Waals surface area contributed by atoms with Crippen LogP contribution in [-0.4, -0.2) is 85.3 Å². The van der Waals surface area contributed by atoms with Gasteiger partial charge in [0, 0.05) is 25.0 Å². The number of ether oxygens (including phenoxy) is 3. The normalized spacial score (nSPS) is 26.6. The van der Waals surface area contributed by atoms with E-state index in [2.05, 4.69) is 15.6 Å². The Labute approximate surface area is 277 Å². The van der Waals surface area contributed by atoms with Gasteiger partial charge in [-0.3, -0.25) is 0 Å². The van der Waals surface area contributed by atoms with Crippen LogP contribution in [-0.2, 0) is 30.7 Å². The van der Waals surface area contributed by atoms with E-state index in [9.17, 15) is 22.7 Å². The first-order chi connectivity index (χ1) is 22.5. The van der Waals surface area contributed by atoms with Crippen molar-refractivity contribution in [2.75, 3.05) is 25.0 Å². The molecule has 254 valence electrons. The van der Waals surface area contributed by atoms with Crippen molar-refractivity contribution >= 4 is 42.8 Å². The zero-order valence-electron chi connectivity index (χ0n) is 26.4. The van der Waals surface area contributed by atoms with E-state index in [1.54, 1.807) is 24.3 Å². The Morgan fingerprint density at radius 3 is 2.79 bits per heavy atom. The van der Waals surface area contributed by atoms with Crippen molar-refractivity contribution < 1.29 is 36.9 Å². The number of hydrogen-bond acceptors (Lipinski definition) is 10. The minimum absolute atomic E-state index is 0.0540. The SMILES string of the molecule is CC(C)CN(C[C@@H](O)[C@H](Cc1cccc(F)c1)NC(=O)O[C@H]1C[C@H]2CO[C@H]3OC1C[C@@H]23)S(=O)(=O)c1ccc2nc(NC3CC3)sc2c1. The van der Waals surface area contributed by atoms with Crippen LogP contribution in [0.5, 0.6) is 0 Å². The first kappa shape index (κ1) is 32.7. The summed E-state index contributed by atoms with van der Waals surface area (Å²) in [5.41, 5.74) is 1.25. The molecule has 2 aromatic carbocycles. The van der Waals surface area contributed by atoms with Crippen LogP contribution in [0.1, 0.15) is 45.1 Å². The molecule has 4 fully saturated rings. The average Bonchev–Trinajstić information content (AvgIpc) is 3.43. The monoisotopic (exact) mass is 688 g/mol. The number of thiazole rings is 1. The number of benzene rings is 2. The maximum atomic E-state index is 14.1. The quantitative estimate of drug-likeness (QED) is 0.237. The Morgan fingerprint density at radius 2 is 2.02 bits per heavy atom. The van der Waals surface area contributed by atoms with E-state index in [-0.39, 0.29) is 48.6 Å². The fraction of sp³-hybridized carbons (Fsp3) is 0.576. The predicted molar refractivity (Wildman–Crippen MR) is 174 cm³/mol. The van der Waals surface area contributed by atoms with Gasteiger partial charge in [0.2, 0.25) is 10.0 Å². The number of anilines is 1. The number of carbonyl (C=O) groups is 1. The molecule has 1 amide bonds. The third-order valence-corrected chi connectivity index (χ3v) is 12.2. The minimum atomic E-state index is -4.06. The Kier molecular flexibility index (Phi) is 9.17. The van der Waals surface area contributed by atoms with Gasteiger partial charge in [0.25, 0.3) is 0 Å². The van der Waals surface area contributed by atoms with Crippen molar-refractivity contribution in [3.8, 4) is 0 Å². The number of aliphatic hydroxyl groups excluding tert-OH is 1. The summed E-state index contributed by atoms with van der Waals surface area (Å²) >= 11 is 1.41. The summed E-state index contributed by atoms with van der Waals surface area (Å²) in [4.78, 5) is 18.0. The second-order valence-electron chi connectivity index (χ2n) is 13.7. The van der Waals surface area contributed by atoms with Crippen LogP contribution in [0.4, 0.5) is 14.3 Å². The molecule has 2 bridgehead atoms. The summed E-state index contributed by atoms with van der Waals surface area (Å²) in [5.74, 6) is 0.0606. The van der Waals surface area contributed by atoms with Gasteiger partial charge in [-0.05, 0) is 79.8 Å². The van der Waals surface area contributed by atoms with Gasteiger partial charge in [0.15, 0.2) is 11.4 Å². The summed E-state index contributed by atoms with van der Waals surface area (Å²) in [7, 11) is -4.06. The second kappa shape index (κ2) is 13.2. The minimum Gasteiger partial charge on any atom is -0.443 e. The predicted octanol–water partition coefficient (Wildman–Crippen LogP) is 4.50. The van der Waals surface area contributed by atoms with Gasteiger partial charge in [-0.2, -0.15) is 4.31 Å². The molecule has 2 aliphatic heterocycles. The van der Waals surface area contributed by atoms with Crippen molar-refractivity contribution in [3.63, 3.8) is 0 Å². The zero-order chi connectivity index (χ0) is 32.9. The highest BCUT2D eigenvalue weighted by atomic mass is 32.2. The number of aliphatic hydroxyl groups is 1. The fourth-order valence-corrected chi connectivity index (χ4v) is 9.61. The van der Waals surface area contributed by atoms with Crippen molar-refractivity contribution in [1.29, 1.82) is 0 Å². The molecule has 0 spiro atoms. The summed E-state index contributed by atoms with van der Waals surface area (Å²) in [6.07, 6.45) is 0.569. The van der Waals surface area contributed by atoms with E-state index in [0.717, 1.165) is 29.1 Å². The van der Waals surface area contributed by atoms with Crippen LogP contribution < -0.4 is 10.6 Å². The molecule has 2 saturated carbocycles. The van der Waals surface area contributed by atoms with Crippen LogP contribution in [0.25, 0.3) is 10.2 Å². The van der Waals surface area contributed by atoms with Crippen molar-refractivity contribution in [2.45, 2.75) is 87.5 Å². The van der Waals surface area contributed by atoms with E-state index in [0.29, 0.717) is 36.1 Å². The molecule has 7 rings (SSSR count). The summed E-state index contributed by atoms with van der Waals surface area (Å²) in [6.45, 7) is 4.20. The van der Waals surface area contributed by atoms with Crippen LogP contribution >= 0.6 is 11.3 Å². The van der Waals surface area contributed by atoms with E-state index in [1.165, 1.54) is 33.8 Å². The van der Waals surface area contributed by atoms with E-state index < -0.39 is 40.2 Å². The second-order valence-corrected chi connectivity index (χ2v) is 16.6. The maximum Gasteiger partial charge on any atom is 0.407 e. The molecule has 7 atom stereocenters. The van der Waals surface area contributed by atoms with Gasteiger partial charge < -0.3 is 30.0 Å². The van der Waals surface area contributed by atoms with Gasteiger partial charge in [0.05, 0.1) is 40.0 Å². The van der Waals surface area contributed by atoms with Crippen LogP contribution in [0.3, 0.4) is 0 Å². The largest absolute Gasteiger partial charge is 0.443 e. The molecule has 3 N–H and O–H groups in total. The third-order valence-electron chi connectivity index (χ3n) is 9.43. The smallest absolute Gasteiger partial charge is 0.407 e. The Bertz CT molecular complexity index is 1720. The maximum absolute atomic E-state index is 14.1. The number of fused-ring (bicyclic) bond motifs is 2. The van der Waals surface area contributed by atoms with Crippen LogP contribution in [0.2, 0.25) is 0 Å². The topological polar surface area (TPSA) is 139 Å². The number of aromatic nitrogens is 1. The lowest BCUT2D eigenvalue weighted by Gasteiger charge is -2.33.